The average molecular weight is 333 g/mol. The van der Waals surface area contributed by atoms with E-state index in [0.29, 0.717) is 18.1 Å². The lowest BCUT2D eigenvalue weighted by molar-refractivity contribution is -0.135. The Morgan fingerprint density at radius 3 is 2.95 bits per heavy atom. The molecule has 2 atom stereocenters. The molecule has 1 aliphatic rings. The number of morpholine rings is 1. The molecule has 1 aromatic rings. The summed E-state index contributed by atoms with van der Waals surface area (Å²) < 4.78 is 5.57. The molecule has 2 rings (SSSR count). The van der Waals surface area contributed by atoms with Gasteiger partial charge in [0.2, 0.25) is 5.91 Å². The highest BCUT2D eigenvalue weighted by atomic mass is 35.5. The highest BCUT2D eigenvalue weighted by Gasteiger charge is 2.23. The lowest BCUT2D eigenvalue weighted by Crippen LogP contribution is -2.42. The third-order valence-electron chi connectivity index (χ3n) is 3.71. The molecule has 1 saturated heterocycles. The molecule has 2 unspecified atom stereocenters. The van der Waals surface area contributed by atoms with Crippen molar-refractivity contribution in [3.8, 4) is 0 Å². The summed E-state index contributed by atoms with van der Waals surface area (Å²) in [6.07, 6.45) is 0.388. The summed E-state index contributed by atoms with van der Waals surface area (Å²) in [4.78, 5) is 14.0. The van der Waals surface area contributed by atoms with Gasteiger partial charge < -0.3 is 15.0 Å². The van der Waals surface area contributed by atoms with Crippen LogP contribution in [0.4, 0.5) is 0 Å². The number of carbonyl (C=O) groups is 1. The normalized spacial score (nSPS) is 19.5. The van der Waals surface area contributed by atoms with Gasteiger partial charge in [-0.2, -0.15) is 0 Å². The summed E-state index contributed by atoms with van der Waals surface area (Å²) in [6.45, 7) is 4.28. The summed E-state index contributed by atoms with van der Waals surface area (Å²) >= 11 is 6.00. The molecule has 0 radical (unpaired) electrons. The van der Waals surface area contributed by atoms with Crippen LogP contribution >= 0.6 is 24.0 Å². The molecule has 0 aromatic heterocycles. The summed E-state index contributed by atoms with van der Waals surface area (Å²) in [6, 6.07) is 7.62. The van der Waals surface area contributed by atoms with Gasteiger partial charge in [0.1, 0.15) is 0 Å². The predicted octanol–water partition coefficient (Wildman–Crippen LogP) is 2.66. The van der Waals surface area contributed by atoms with E-state index in [4.69, 9.17) is 16.3 Å². The van der Waals surface area contributed by atoms with E-state index in [9.17, 15) is 4.79 Å². The molecule has 118 valence electrons. The number of hydrogen-bond acceptors (Lipinski definition) is 3. The Balaban J connectivity index is 0.00000220. The quantitative estimate of drug-likeness (QED) is 0.921. The average Bonchev–Trinajstić information content (AvgIpc) is 2.46. The van der Waals surface area contributed by atoms with Crippen molar-refractivity contribution in [2.75, 3.05) is 26.7 Å². The van der Waals surface area contributed by atoms with Crippen LogP contribution in [0.3, 0.4) is 0 Å². The van der Waals surface area contributed by atoms with Gasteiger partial charge in [-0.15, -0.1) is 12.4 Å². The lowest BCUT2D eigenvalue weighted by atomic mass is 10.1. The van der Waals surface area contributed by atoms with Crippen LogP contribution in [0.15, 0.2) is 24.3 Å². The van der Waals surface area contributed by atoms with Gasteiger partial charge in [-0.05, 0) is 24.6 Å². The van der Waals surface area contributed by atoms with E-state index < -0.39 is 0 Å². The van der Waals surface area contributed by atoms with E-state index in [-0.39, 0.29) is 30.5 Å². The summed E-state index contributed by atoms with van der Waals surface area (Å²) in [5.74, 6) is 0.0891. The number of amides is 1. The fourth-order valence-corrected chi connectivity index (χ4v) is 2.49. The molecule has 1 heterocycles. The summed E-state index contributed by atoms with van der Waals surface area (Å²) in [5, 5.41) is 3.92. The second kappa shape index (κ2) is 8.59. The Hall–Kier alpha value is -0.810. The Morgan fingerprint density at radius 1 is 1.57 bits per heavy atom. The highest BCUT2D eigenvalue weighted by Crippen LogP contribution is 2.22. The van der Waals surface area contributed by atoms with Gasteiger partial charge in [-0.3, -0.25) is 4.79 Å². The lowest BCUT2D eigenvalue weighted by Gasteiger charge is -2.29. The number of hydrogen-bond donors (Lipinski definition) is 1. The summed E-state index contributed by atoms with van der Waals surface area (Å²) in [7, 11) is 1.82. The van der Waals surface area contributed by atoms with Crippen LogP contribution in [0.1, 0.15) is 24.9 Å². The highest BCUT2D eigenvalue weighted by molar-refractivity contribution is 6.30. The van der Waals surface area contributed by atoms with Gasteiger partial charge in [0.05, 0.1) is 25.2 Å². The zero-order valence-electron chi connectivity index (χ0n) is 12.3. The first-order chi connectivity index (χ1) is 9.58. The molecule has 0 aliphatic carbocycles. The molecule has 0 spiro atoms. The molecule has 1 fully saturated rings. The Kier molecular flexibility index (Phi) is 7.46. The Labute approximate surface area is 137 Å². The largest absolute Gasteiger partial charge is 0.375 e. The van der Waals surface area contributed by atoms with Crippen LogP contribution in [0.25, 0.3) is 0 Å². The molecule has 0 saturated carbocycles. The van der Waals surface area contributed by atoms with Crippen LogP contribution in [-0.2, 0) is 9.53 Å². The molecule has 4 nitrogen and oxygen atoms in total. The fourth-order valence-electron chi connectivity index (χ4n) is 2.30. The maximum absolute atomic E-state index is 12.3. The van der Waals surface area contributed by atoms with Crippen LogP contribution in [0.5, 0.6) is 0 Å². The minimum absolute atomic E-state index is 0. The molecule has 0 bridgehead atoms. The van der Waals surface area contributed by atoms with Crippen LogP contribution in [0.2, 0.25) is 5.02 Å². The zero-order chi connectivity index (χ0) is 14.5. The van der Waals surface area contributed by atoms with E-state index in [0.717, 1.165) is 18.7 Å². The van der Waals surface area contributed by atoms with Crippen molar-refractivity contribution in [1.29, 1.82) is 0 Å². The van der Waals surface area contributed by atoms with Crippen molar-refractivity contribution in [2.45, 2.75) is 25.5 Å². The molecule has 21 heavy (non-hydrogen) atoms. The maximum Gasteiger partial charge on any atom is 0.225 e. The second-order valence-corrected chi connectivity index (χ2v) is 5.57. The molecule has 6 heteroatoms. The van der Waals surface area contributed by atoms with Gasteiger partial charge >= 0.3 is 0 Å². The molecule has 1 amide bonds. The molecule has 1 N–H and O–H groups in total. The molecule has 1 aromatic carbocycles. The minimum Gasteiger partial charge on any atom is -0.375 e. The number of nitrogens with one attached hydrogen (secondary N) is 1. The zero-order valence-corrected chi connectivity index (χ0v) is 13.9. The molecular weight excluding hydrogens is 311 g/mol. The van der Waals surface area contributed by atoms with Crippen molar-refractivity contribution < 1.29 is 9.53 Å². The Bertz CT molecular complexity index is 465. The standard InChI is InChI=1S/C15H21ClN2O2.ClH/c1-11(12-4-3-5-13(16)8-12)18(2)15(19)9-14-10-17-6-7-20-14;/h3-5,8,11,14,17H,6-7,9-10H2,1-2H3;1H. The number of nitrogens with zero attached hydrogens (tertiary/aromatic N) is 1. The fraction of sp³-hybridized carbons (Fsp3) is 0.533. The first-order valence-corrected chi connectivity index (χ1v) is 7.29. The van der Waals surface area contributed by atoms with Gasteiger partial charge in [-0.1, -0.05) is 23.7 Å². The van der Waals surface area contributed by atoms with Crippen molar-refractivity contribution in [3.05, 3.63) is 34.9 Å². The number of benzene rings is 1. The van der Waals surface area contributed by atoms with Crippen molar-refractivity contribution >= 4 is 29.9 Å². The Morgan fingerprint density at radius 2 is 2.33 bits per heavy atom. The smallest absolute Gasteiger partial charge is 0.225 e. The molecule has 1 aliphatic heterocycles. The first-order valence-electron chi connectivity index (χ1n) is 6.91. The monoisotopic (exact) mass is 332 g/mol. The topological polar surface area (TPSA) is 41.6 Å². The van der Waals surface area contributed by atoms with Gasteiger partial charge in [0, 0.05) is 25.2 Å². The number of ether oxygens (including phenoxy) is 1. The van der Waals surface area contributed by atoms with Crippen LogP contribution in [0, 0.1) is 0 Å². The molecular formula is C15H22Cl2N2O2. The number of carbonyl (C=O) groups excluding carboxylic acids is 1. The van der Waals surface area contributed by atoms with Gasteiger partial charge in [-0.25, -0.2) is 0 Å². The van der Waals surface area contributed by atoms with Crippen LogP contribution < -0.4 is 5.32 Å². The number of rotatable bonds is 4. The summed E-state index contributed by atoms with van der Waals surface area (Å²) in [5.41, 5.74) is 1.04. The van der Waals surface area contributed by atoms with Crippen molar-refractivity contribution in [1.82, 2.24) is 10.2 Å². The van der Waals surface area contributed by atoms with E-state index in [2.05, 4.69) is 5.32 Å². The van der Waals surface area contributed by atoms with E-state index in [1.807, 2.05) is 38.2 Å². The minimum atomic E-state index is -0.0229. The van der Waals surface area contributed by atoms with E-state index in [1.54, 1.807) is 4.90 Å². The van der Waals surface area contributed by atoms with Crippen molar-refractivity contribution in [3.63, 3.8) is 0 Å². The van der Waals surface area contributed by atoms with Gasteiger partial charge in [0.15, 0.2) is 0 Å². The first kappa shape index (κ1) is 18.2. The maximum atomic E-state index is 12.3. The SMILES string of the molecule is CC(c1cccc(Cl)c1)N(C)C(=O)CC1CNCCO1.Cl. The van der Waals surface area contributed by atoms with Crippen LogP contribution in [-0.4, -0.2) is 43.7 Å². The van der Waals surface area contributed by atoms with E-state index in [1.165, 1.54) is 0 Å². The predicted molar refractivity (Wildman–Crippen MR) is 87.1 cm³/mol. The third kappa shape index (κ3) is 5.15. The number of halogens is 2. The second-order valence-electron chi connectivity index (χ2n) is 5.14. The van der Waals surface area contributed by atoms with Crippen molar-refractivity contribution in [2.24, 2.45) is 0 Å². The van der Waals surface area contributed by atoms with E-state index >= 15 is 0 Å². The third-order valence-corrected chi connectivity index (χ3v) is 3.95. The van der Waals surface area contributed by atoms with Gasteiger partial charge in [0.25, 0.3) is 0 Å².